The van der Waals surface area contributed by atoms with Gasteiger partial charge in [0.2, 0.25) is 0 Å². The van der Waals surface area contributed by atoms with Crippen LogP contribution >= 0.6 is 0 Å². The maximum Gasteiger partial charge on any atom is 0.254 e. The number of carbonyl (C=O) groups is 1. The summed E-state index contributed by atoms with van der Waals surface area (Å²) in [4.78, 5) is 17.3. The lowest BCUT2D eigenvalue weighted by Crippen LogP contribution is -2.33. The third-order valence-corrected chi connectivity index (χ3v) is 6.64. The van der Waals surface area contributed by atoms with Crippen LogP contribution in [0.5, 0.6) is 0 Å². The van der Waals surface area contributed by atoms with Gasteiger partial charge in [-0.05, 0) is 61.0 Å². The summed E-state index contributed by atoms with van der Waals surface area (Å²) in [6, 6.07) is 22.2. The van der Waals surface area contributed by atoms with E-state index >= 15 is 0 Å². The van der Waals surface area contributed by atoms with Crippen LogP contribution in [0.3, 0.4) is 0 Å². The largest absolute Gasteiger partial charge is 0.333 e. The van der Waals surface area contributed by atoms with Crippen molar-refractivity contribution in [3.05, 3.63) is 119 Å². The van der Waals surface area contributed by atoms with Crippen molar-refractivity contribution < 1.29 is 13.6 Å². The molecule has 0 radical (unpaired) electrons. The fourth-order valence-electron chi connectivity index (χ4n) is 4.72. The fraction of sp³-hybridized carbons (Fsp3) is 0.241. The first-order valence-corrected chi connectivity index (χ1v) is 12.2. The minimum absolute atomic E-state index is 0.0397. The molecule has 0 unspecified atom stereocenters. The maximum absolute atomic E-state index is 13.6. The van der Waals surface area contributed by atoms with E-state index < -0.39 is 0 Å². The van der Waals surface area contributed by atoms with E-state index in [9.17, 15) is 13.6 Å². The van der Waals surface area contributed by atoms with E-state index in [4.69, 9.17) is 5.10 Å². The zero-order valence-corrected chi connectivity index (χ0v) is 20.2. The molecule has 184 valence electrons. The third kappa shape index (κ3) is 5.06. The molecule has 5 rings (SSSR count). The maximum atomic E-state index is 13.6. The van der Waals surface area contributed by atoms with Gasteiger partial charge in [-0.15, -0.1) is 0 Å². The molecular formula is C29H28F2N4O. The number of hydrogen-bond donors (Lipinski definition) is 0. The molecule has 1 aromatic heterocycles. The van der Waals surface area contributed by atoms with E-state index in [1.54, 1.807) is 17.0 Å². The molecule has 0 bridgehead atoms. The van der Waals surface area contributed by atoms with Crippen molar-refractivity contribution in [1.29, 1.82) is 0 Å². The van der Waals surface area contributed by atoms with Crippen molar-refractivity contribution in [2.45, 2.75) is 33.0 Å². The molecule has 3 aromatic carbocycles. The predicted octanol–water partition coefficient (Wildman–Crippen LogP) is 5.37. The number of fused-ring (bicyclic) bond motifs is 1. The highest BCUT2D eigenvalue weighted by atomic mass is 19.1. The summed E-state index contributed by atoms with van der Waals surface area (Å²) in [5, 5.41) is 4.93. The Hall–Kier alpha value is -3.84. The Kier molecular flexibility index (Phi) is 6.91. The van der Waals surface area contributed by atoms with Gasteiger partial charge in [0.05, 0.1) is 23.6 Å². The SMILES string of the molecule is CCN(Cc1nn(-c2ccc(F)cc2)c2c1CN(Cc1ccc(F)cc1)CC2)C(=O)c1ccccc1. The topological polar surface area (TPSA) is 41.4 Å². The Morgan fingerprint density at radius 1 is 0.944 bits per heavy atom. The first-order chi connectivity index (χ1) is 17.5. The van der Waals surface area contributed by atoms with E-state index in [0.717, 1.165) is 41.2 Å². The average Bonchev–Trinajstić information content (AvgIpc) is 3.26. The van der Waals surface area contributed by atoms with E-state index in [1.165, 1.54) is 24.3 Å². The van der Waals surface area contributed by atoms with Crippen LogP contribution in [0.4, 0.5) is 8.78 Å². The number of rotatable bonds is 7. The Labute approximate surface area is 209 Å². The van der Waals surface area contributed by atoms with Crippen molar-refractivity contribution in [3.63, 3.8) is 0 Å². The summed E-state index contributed by atoms with van der Waals surface area (Å²) in [5.74, 6) is -0.580. The van der Waals surface area contributed by atoms with Crippen molar-refractivity contribution >= 4 is 5.91 Å². The molecular weight excluding hydrogens is 458 g/mol. The molecule has 36 heavy (non-hydrogen) atoms. The van der Waals surface area contributed by atoms with Crippen molar-refractivity contribution in [2.75, 3.05) is 13.1 Å². The molecule has 0 atom stereocenters. The summed E-state index contributed by atoms with van der Waals surface area (Å²) < 4.78 is 28.8. The summed E-state index contributed by atoms with van der Waals surface area (Å²) >= 11 is 0. The lowest BCUT2D eigenvalue weighted by Gasteiger charge is -2.28. The van der Waals surface area contributed by atoms with Gasteiger partial charge in [0.15, 0.2) is 0 Å². The number of aromatic nitrogens is 2. The summed E-state index contributed by atoms with van der Waals surface area (Å²) in [6.07, 6.45) is 0.764. The monoisotopic (exact) mass is 486 g/mol. The highest BCUT2D eigenvalue weighted by Crippen LogP contribution is 2.28. The number of benzene rings is 3. The number of amides is 1. The molecule has 0 N–H and O–H groups in total. The smallest absolute Gasteiger partial charge is 0.254 e. The van der Waals surface area contributed by atoms with Crippen molar-refractivity contribution in [1.82, 2.24) is 19.6 Å². The molecule has 0 saturated heterocycles. The molecule has 4 aromatic rings. The van der Waals surface area contributed by atoms with Gasteiger partial charge in [-0.1, -0.05) is 30.3 Å². The lowest BCUT2D eigenvalue weighted by molar-refractivity contribution is 0.0749. The molecule has 0 spiro atoms. The van der Waals surface area contributed by atoms with E-state index in [2.05, 4.69) is 4.90 Å². The van der Waals surface area contributed by atoms with Crippen LogP contribution in [-0.2, 0) is 26.1 Å². The number of nitrogens with zero attached hydrogens (tertiary/aromatic N) is 4. The number of halogens is 2. The highest BCUT2D eigenvalue weighted by molar-refractivity contribution is 5.94. The molecule has 1 amide bonds. The summed E-state index contributed by atoms with van der Waals surface area (Å²) in [7, 11) is 0. The first kappa shape index (κ1) is 23.9. The minimum atomic E-state index is -0.295. The van der Waals surface area contributed by atoms with Gasteiger partial charge >= 0.3 is 0 Å². The molecule has 1 aliphatic heterocycles. The van der Waals surface area contributed by atoms with Gasteiger partial charge in [0.25, 0.3) is 5.91 Å². The lowest BCUT2D eigenvalue weighted by atomic mass is 10.0. The highest BCUT2D eigenvalue weighted by Gasteiger charge is 2.27. The second-order valence-corrected chi connectivity index (χ2v) is 9.03. The second-order valence-electron chi connectivity index (χ2n) is 9.03. The van der Waals surface area contributed by atoms with E-state index in [1.807, 2.05) is 54.1 Å². The summed E-state index contributed by atoms with van der Waals surface area (Å²) in [5.41, 5.74) is 5.49. The Bertz CT molecular complexity index is 1330. The third-order valence-electron chi connectivity index (χ3n) is 6.64. The zero-order chi connectivity index (χ0) is 25.1. The van der Waals surface area contributed by atoms with Crippen LogP contribution < -0.4 is 0 Å². The zero-order valence-electron chi connectivity index (χ0n) is 20.2. The van der Waals surface area contributed by atoms with Crippen molar-refractivity contribution in [3.8, 4) is 5.69 Å². The van der Waals surface area contributed by atoms with Gasteiger partial charge in [-0.3, -0.25) is 9.69 Å². The average molecular weight is 487 g/mol. The Morgan fingerprint density at radius 2 is 1.61 bits per heavy atom. The quantitative estimate of drug-likeness (QED) is 0.353. The van der Waals surface area contributed by atoms with Crippen molar-refractivity contribution in [2.24, 2.45) is 0 Å². The molecule has 0 aliphatic carbocycles. The van der Waals surface area contributed by atoms with E-state index in [0.29, 0.717) is 31.7 Å². The number of carbonyl (C=O) groups excluding carboxylic acids is 1. The fourth-order valence-corrected chi connectivity index (χ4v) is 4.72. The molecule has 0 saturated carbocycles. The predicted molar refractivity (Wildman–Crippen MR) is 135 cm³/mol. The van der Waals surface area contributed by atoms with Gasteiger partial charge < -0.3 is 4.90 Å². The van der Waals surface area contributed by atoms with Crippen LogP contribution in [0.15, 0.2) is 78.9 Å². The Morgan fingerprint density at radius 3 is 2.28 bits per heavy atom. The van der Waals surface area contributed by atoms with Crippen LogP contribution in [0.2, 0.25) is 0 Å². The molecule has 7 heteroatoms. The van der Waals surface area contributed by atoms with Gasteiger partial charge in [0.1, 0.15) is 11.6 Å². The van der Waals surface area contributed by atoms with Crippen LogP contribution in [0, 0.1) is 11.6 Å². The van der Waals surface area contributed by atoms with Crippen LogP contribution in [0.1, 0.15) is 39.8 Å². The molecule has 2 heterocycles. The standard InChI is InChI=1S/C29H28F2N4O/c1-2-34(29(36)22-6-4-3-5-7-22)20-27-26-19-33(18-21-8-10-23(30)11-9-21)17-16-28(26)35(32-27)25-14-12-24(31)13-15-25/h3-15H,2,16-20H2,1H3. The second kappa shape index (κ2) is 10.4. The number of hydrogen-bond acceptors (Lipinski definition) is 3. The molecule has 0 fully saturated rings. The first-order valence-electron chi connectivity index (χ1n) is 12.2. The van der Waals surface area contributed by atoms with Gasteiger partial charge in [-0.25, -0.2) is 13.5 Å². The normalized spacial score (nSPS) is 13.4. The summed E-state index contributed by atoms with van der Waals surface area (Å²) in [6.45, 7) is 5.07. The van der Waals surface area contributed by atoms with Crippen LogP contribution in [0.25, 0.3) is 5.69 Å². The Balaban J connectivity index is 1.46. The van der Waals surface area contributed by atoms with Gasteiger partial charge in [-0.2, -0.15) is 5.10 Å². The van der Waals surface area contributed by atoms with Crippen LogP contribution in [-0.4, -0.2) is 38.6 Å². The molecule has 5 nitrogen and oxygen atoms in total. The molecule has 1 aliphatic rings. The van der Waals surface area contributed by atoms with E-state index in [-0.39, 0.29) is 17.5 Å². The minimum Gasteiger partial charge on any atom is -0.333 e. The van der Waals surface area contributed by atoms with Gasteiger partial charge in [0, 0.05) is 43.7 Å².